The maximum Gasteiger partial charge on any atom is 0.244 e. The Kier molecular flexibility index (Phi) is 6.87. The van der Waals surface area contributed by atoms with Gasteiger partial charge in [-0.3, -0.25) is 4.79 Å². The van der Waals surface area contributed by atoms with Crippen LogP contribution in [0.15, 0.2) is 65.7 Å². The summed E-state index contributed by atoms with van der Waals surface area (Å²) >= 11 is 0. The molecule has 36 heavy (non-hydrogen) atoms. The molecule has 1 aromatic heterocycles. The second-order valence-electron chi connectivity index (χ2n) is 9.21. The number of amides is 1. The fourth-order valence-electron chi connectivity index (χ4n) is 5.35. The highest BCUT2D eigenvalue weighted by Crippen LogP contribution is 2.37. The first-order valence-corrected chi connectivity index (χ1v) is 13.4. The van der Waals surface area contributed by atoms with Gasteiger partial charge in [0.05, 0.1) is 35.6 Å². The van der Waals surface area contributed by atoms with Crippen LogP contribution in [0.4, 0.5) is 4.39 Å². The van der Waals surface area contributed by atoms with Gasteiger partial charge in [0.25, 0.3) is 0 Å². The van der Waals surface area contributed by atoms with Crippen molar-refractivity contribution in [2.75, 3.05) is 20.3 Å². The van der Waals surface area contributed by atoms with Gasteiger partial charge in [-0.25, -0.2) is 17.5 Å². The number of fused-ring (bicyclic) bond motifs is 2. The normalized spacial score (nSPS) is 23.0. The van der Waals surface area contributed by atoms with E-state index in [1.54, 1.807) is 22.9 Å². The van der Waals surface area contributed by atoms with Gasteiger partial charge in [-0.15, -0.1) is 5.10 Å². The van der Waals surface area contributed by atoms with Crippen molar-refractivity contribution in [3.05, 3.63) is 72.3 Å². The Bertz CT molecular complexity index is 1330. The number of methoxy groups -OCH3 is 1. The van der Waals surface area contributed by atoms with E-state index in [1.807, 2.05) is 30.3 Å². The molecule has 190 valence electrons. The molecule has 0 aliphatic carbocycles. The van der Waals surface area contributed by atoms with Crippen molar-refractivity contribution in [3.63, 3.8) is 0 Å². The Labute approximate surface area is 209 Å². The Morgan fingerprint density at radius 1 is 1.11 bits per heavy atom. The fourth-order valence-corrected chi connectivity index (χ4v) is 7.27. The first-order valence-electron chi connectivity index (χ1n) is 11.9. The lowest BCUT2D eigenvalue weighted by Crippen LogP contribution is -2.55. The molecular weight excluding hydrogens is 485 g/mol. The van der Waals surface area contributed by atoms with E-state index in [1.165, 1.54) is 22.5 Å². The summed E-state index contributed by atoms with van der Waals surface area (Å²) in [6.45, 7) is 0.827. The number of hydrogen-bond donors (Lipinski definition) is 0. The summed E-state index contributed by atoms with van der Waals surface area (Å²) in [7, 11) is -2.56. The number of benzene rings is 2. The molecule has 2 fully saturated rings. The number of hydrogen-bond acceptors (Lipinski definition) is 6. The van der Waals surface area contributed by atoms with E-state index >= 15 is 0 Å². The molecule has 9 nitrogen and oxygen atoms in total. The number of carbonyl (C=O) groups is 1. The van der Waals surface area contributed by atoms with E-state index in [0.29, 0.717) is 31.5 Å². The van der Waals surface area contributed by atoms with Gasteiger partial charge in [0.15, 0.2) is 0 Å². The van der Waals surface area contributed by atoms with Gasteiger partial charge in [0.1, 0.15) is 11.9 Å². The molecule has 2 bridgehead atoms. The molecule has 0 N–H and O–H groups in total. The second-order valence-corrected chi connectivity index (χ2v) is 11.1. The molecule has 2 aliphatic rings. The molecule has 2 saturated heterocycles. The Hall–Kier alpha value is -3.15. The molecule has 11 heteroatoms. The molecule has 3 aromatic rings. The Balaban J connectivity index is 1.52. The highest BCUT2D eigenvalue weighted by atomic mass is 32.2. The van der Waals surface area contributed by atoms with Gasteiger partial charge in [-0.2, -0.15) is 4.31 Å². The summed E-state index contributed by atoms with van der Waals surface area (Å²) in [6.07, 6.45) is 3.33. The summed E-state index contributed by atoms with van der Waals surface area (Å²) in [4.78, 5) is 15.4. The minimum Gasteiger partial charge on any atom is -0.384 e. The number of ether oxygens (including phenoxy) is 1. The largest absolute Gasteiger partial charge is 0.384 e. The summed E-state index contributed by atoms with van der Waals surface area (Å²) in [5.41, 5.74) is 1.52. The molecule has 5 rings (SSSR count). The lowest BCUT2D eigenvalue weighted by atomic mass is 9.91. The number of rotatable bonds is 7. The molecule has 2 aliphatic heterocycles. The number of aromatic nitrogens is 3. The molecule has 0 unspecified atom stereocenters. The van der Waals surface area contributed by atoms with Crippen molar-refractivity contribution in [1.82, 2.24) is 24.2 Å². The molecular formula is C25H28FN5O4S. The van der Waals surface area contributed by atoms with E-state index in [-0.39, 0.29) is 29.9 Å². The Morgan fingerprint density at radius 2 is 1.92 bits per heavy atom. The SMILES string of the molecule is COC[C@@H]1CN(Cc2cnnn2-c2ccccc2)C(=O)[C@@H]2CCC[C@H]1N2S(=O)(=O)c1cccc(F)c1. The zero-order chi connectivity index (χ0) is 25.3. The monoisotopic (exact) mass is 513 g/mol. The highest BCUT2D eigenvalue weighted by molar-refractivity contribution is 7.89. The van der Waals surface area contributed by atoms with Gasteiger partial charge in [0, 0.05) is 25.6 Å². The second kappa shape index (κ2) is 10.1. The first kappa shape index (κ1) is 24.5. The third-order valence-electron chi connectivity index (χ3n) is 6.93. The van der Waals surface area contributed by atoms with Crippen LogP contribution in [-0.2, 0) is 26.1 Å². The van der Waals surface area contributed by atoms with Gasteiger partial charge < -0.3 is 9.64 Å². The highest BCUT2D eigenvalue weighted by Gasteiger charge is 2.50. The van der Waals surface area contributed by atoms with Gasteiger partial charge >= 0.3 is 0 Å². The van der Waals surface area contributed by atoms with Crippen LogP contribution in [0.25, 0.3) is 5.69 Å². The minimum absolute atomic E-state index is 0.150. The van der Waals surface area contributed by atoms with E-state index in [4.69, 9.17) is 4.74 Å². The quantitative estimate of drug-likeness (QED) is 0.482. The van der Waals surface area contributed by atoms with E-state index < -0.39 is 27.9 Å². The number of piperidine rings is 1. The lowest BCUT2D eigenvalue weighted by molar-refractivity contribution is -0.135. The number of para-hydroxylation sites is 1. The van der Waals surface area contributed by atoms with E-state index in [9.17, 15) is 17.6 Å². The van der Waals surface area contributed by atoms with Crippen molar-refractivity contribution < 1.29 is 22.3 Å². The maximum atomic E-state index is 14.0. The van der Waals surface area contributed by atoms with Crippen molar-refractivity contribution in [3.8, 4) is 5.69 Å². The summed E-state index contributed by atoms with van der Waals surface area (Å²) < 4.78 is 50.0. The molecule has 0 radical (unpaired) electrons. The number of carbonyl (C=O) groups excluding carboxylic acids is 1. The number of nitrogens with zero attached hydrogens (tertiary/aromatic N) is 5. The van der Waals surface area contributed by atoms with Crippen molar-refractivity contribution >= 4 is 15.9 Å². The molecule has 3 atom stereocenters. The molecule has 1 amide bonds. The van der Waals surface area contributed by atoms with Crippen LogP contribution in [0.2, 0.25) is 0 Å². The van der Waals surface area contributed by atoms with Crippen LogP contribution in [0.5, 0.6) is 0 Å². The summed E-state index contributed by atoms with van der Waals surface area (Å²) in [5.74, 6) is -1.17. The molecule has 0 saturated carbocycles. The minimum atomic E-state index is -4.13. The van der Waals surface area contributed by atoms with Gasteiger partial charge in [0.2, 0.25) is 15.9 Å². The zero-order valence-electron chi connectivity index (χ0n) is 19.9. The van der Waals surface area contributed by atoms with Gasteiger partial charge in [-0.1, -0.05) is 29.5 Å². The predicted octanol–water partition coefficient (Wildman–Crippen LogP) is 2.62. The molecule has 3 heterocycles. The van der Waals surface area contributed by atoms with Crippen LogP contribution in [0.1, 0.15) is 25.0 Å². The smallest absolute Gasteiger partial charge is 0.244 e. The van der Waals surface area contributed by atoms with Crippen LogP contribution >= 0.6 is 0 Å². The Morgan fingerprint density at radius 3 is 2.67 bits per heavy atom. The van der Waals surface area contributed by atoms with Crippen LogP contribution in [0.3, 0.4) is 0 Å². The third kappa shape index (κ3) is 4.54. The predicted molar refractivity (Wildman–Crippen MR) is 129 cm³/mol. The molecule has 2 aromatic carbocycles. The first-order chi connectivity index (χ1) is 17.4. The average molecular weight is 514 g/mol. The van der Waals surface area contributed by atoms with Gasteiger partial charge in [-0.05, 0) is 49.6 Å². The number of sulfonamides is 1. The fraction of sp³-hybridized carbons (Fsp3) is 0.400. The summed E-state index contributed by atoms with van der Waals surface area (Å²) in [6, 6.07) is 13.1. The maximum absolute atomic E-state index is 14.0. The van der Waals surface area contributed by atoms with Crippen LogP contribution in [-0.4, -0.2) is 70.9 Å². The van der Waals surface area contributed by atoms with Crippen molar-refractivity contribution in [1.29, 1.82) is 0 Å². The van der Waals surface area contributed by atoms with Crippen molar-refractivity contribution in [2.45, 2.75) is 42.8 Å². The molecule has 0 spiro atoms. The third-order valence-corrected chi connectivity index (χ3v) is 8.86. The van der Waals surface area contributed by atoms with Crippen LogP contribution in [0, 0.1) is 11.7 Å². The lowest BCUT2D eigenvalue weighted by Gasteiger charge is -2.40. The van der Waals surface area contributed by atoms with E-state index in [0.717, 1.165) is 11.8 Å². The van der Waals surface area contributed by atoms with Crippen molar-refractivity contribution in [2.24, 2.45) is 5.92 Å². The van der Waals surface area contributed by atoms with E-state index in [2.05, 4.69) is 10.3 Å². The zero-order valence-corrected chi connectivity index (χ0v) is 20.7. The topological polar surface area (TPSA) is 97.6 Å². The summed E-state index contributed by atoms with van der Waals surface area (Å²) in [5, 5.41) is 8.23. The standard InChI is InChI=1S/C25H28FN5O4S/c1-35-17-18-15-29(16-21-14-27-28-30(21)20-8-3-2-4-9-20)25(32)24-12-6-11-23(18)31(24)36(33,34)22-10-5-7-19(26)13-22/h2-5,7-10,13-14,18,23-24H,6,11-12,15-17H2,1H3/t18-,23+,24-/m0/s1. The average Bonchev–Trinajstić information content (AvgIpc) is 3.33. The van der Waals surface area contributed by atoms with Crippen LogP contribution < -0.4 is 0 Å². The number of halogens is 1.